The zero-order valence-corrected chi connectivity index (χ0v) is 12.7. The minimum Gasteiger partial charge on any atom is -0.383 e. The van der Waals surface area contributed by atoms with Crippen molar-refractivity contribution in [2.75, 3.05) is 17.2 Å². The second-order valence-corrected chi connectivity index (χ2v) is 5.19. The van der Waals surface area contributed by atoms with E-state index in [0.29, 0.717) is 11.5 Å². The summed E-state index contributed by atoms with van der Waals surface area (Å²) < 4.78 is 0. The fourth-order valence-electron chi connectivity index (χ4n) is 2.10. The van der Waals surface area contributed by atoms with E-state index in [1.807, 2.05) is 25.1 Å². The SMILES string of the molecule is CCNc1cnccc1C(=O)Nc1cccc(C(C)C)c1. The number of pyridine rings is 1. The number of aromatic nitrogens is 1. The Morgan fingerprint density at radius 2 is 2.10 bits per heavy atom. The Bertz CT molecular complexity index is 623. The van der Waals surface area contributed by atoms with Crippen LogP contribution in [-0.2, 0) is 0 Å². The average Bonchev–Trinajstić information content (AvgIpc) is 2.48. The molecule has 2 rings (SSSR count). The van der Waals surface area contributed by atoms with Crippen LogP contribution < -0.4 is 10.6 Å². The molecular weight excluding hydrogens is 262 g/mol. The number of hydrogen-bond acceptors (Lipinski definition) is 3. The van der Waals surface area contributed by atoms with Gasteiger partial charge in [0.25, 0.3) is 5.91 Å². The first-order chi connectivity index (χ1) is 10.1. The standard InChI is InChI=1S/C17H21N3O/c1-4-19-16-11-18-9-8-15(16)17(21)20-14-7-5-6-13(10-14)12(2)3/h5-12,19H,4H2,1-3H3,(H,20,21). The quantitative estimate of drug-likeness (QED) is 0.875. The van der Waals surface area contributed by atoms with Crippen molar-refractivity contribution >= 4 is 17.3 Å². The molecule has 4 nitrogen and oxygen atoms in total. The van der Waals surface area contributed by atoms with Gasteiger partial charge >= 0.3 is 0 Å². The minimum absolute atomic E-state index is 0.130. The summed E-state index contributed by atoms with van der Waals surface area (Å²) in [7, 11) is 0. The van der Waals surface area contributed by atoms with E-state index < -0.39 is 0 Å². The molecule has 4 heteroatoms. The highest BCUT2D eigenvalue weighted by Crippen LogP contribution is 2.20. The van der Waals surface area contributed by atoms with E-state index >= 15 is 0 Å². The van der Waals surface area contributed by atoms with Crippen molar-refractivity contribution in [2.24, 2.45) is 0 Å². The van der Waals surface area contributed by atoms with Crippen LogP contribution in [0.2, 0.25) is 0 Å². The van der Waals surface area contributed by atoms with Gasteiger partial charge in [0.15, 0.2) is 0 Å². The summed E-state index contributed by atoms with van der Waals surface area (Å²) in [5, 5.41) is 6.09. The topological polar surface area (TPSA) is 54.0 Å². The zero-order valence-electron chi connectivity index (χ0n) is 12.7. The first kappa shape index (κ1) is 15.0. The first-order valence-corrected chi connectivity index (χ1v) is 7.21. The summed E-state index contributed by atoms with van der Waals surface area (Å²) in [5.41, 5.74) is 3.36. The van der Waals surface area contributed by atoms with Crippen molar-refractivity contribution in [3.63, 3.8) is 0 Å². The van der Waals surface area contributed by atoms with Gasteiger partial charge in [-0.3, -0.25) is 9.78 Å². The lowest BCUT2D eigenvalue weighted by molar-refractivity contribution is 0.102. The maximum Gasteiger partial charge on any atom is 0.257 e. The molecule has 1 heterocycles. The minimum atomic E-state index is -0.130. The van der Waals surface area contributed by atoms with Gasteiger partial charge in [-0.05, 0) is 36.6 Å². The third-order valence-electron chi connectivity index (χ3n) is 3.24. The number of hydrogen-bond donors (Lipinski definition) is 2. The van der Waals surface area contributed by atoms with Crippen LogP contribution in [-0.4, -0.2) is 17.4 Å². The Morgan fingerprint density at radius 1 is 1.29 bits per heavy atom. The predicted molar refractivity (Wildman–Crippen MR) is 86.9 cm³/mol. The van der Waals surface area contributed by atoms with Crippen molar-refractivity contribution in [3.8, 4) is 0 Å². The van der Waals surface area contributed by atoms with Gasteiger partial charge in [-0.1, -0.05) is 26.0 Å². The molecule has 1 aromatic heterocycles. The fraction of sp³-hybridized carbons (Fsp3) is 0.294. The van der Waals surface area contributed by atoms with Crippen LogP contribution in [0.4, 0.5) is 11.4 Å². The predicted octanol–water partition coefficient (Wildman–Crippen LogP) is 3.89. The normalized spacial score (nSPS) is 10.5. The van der Waals surface area contributed by atoms with E-state index in [4.69, 9.17) is 0 Å². The highest BCUT2D eigenvalue weighted by molar-refractivity contribution is 6.07. The summed E-state index contributed by atoms with van der Waals surface area (Å²) in [6.45, 7) is 7.00. The number of benzene rings is 1. The second-order valence-electron chi connectivity index (χ2n) is 5.19. The van der Waals surface area contributed by atoms with E-state index in [1.54, 1.807) is 18.5 Å². The number of nitrogens with zero attached hydrogens (tertiary/aromatic N) is 1. The molecule has 2 aromatic rings. The van der Waals surface area contributed by atoms with Crippen molar-refractivity contribution in [2.45, 2.75) is 26.7 Å². The Morgan fingerprint density at radius 3 is 2.81 bits per heavy atom. The molecule has 0 aliphatic rings. The highest BCUT2D eigenvalue weighted by atomic mass is 16.1. The molecule has 0 radical (unpaired) electrons. The maximum atomic E-state index is 12.4. The molecule has 0 saturated heterocycles. The Balaban J connectivity index is 2.20. The molecule has 0 fully saturated rings. The zero-order chi connectivity index (χ0) is 15.2. The van der Waals surface area contributed by atoms with Crippen molar-refractivity contribution in [3.05, 3.63) is 53.9 Å². The third kappa shape index (κ3) is 3.81. The fourth-order valence-corrected chi connectivity index (χ4v) is 2.10. The van der Waals surface area contributed by atoms with Crippen LogP contribution in [0.1, 0.15) is 42.6 Å². The van der Waals surface area contributed by atoms with Gasteiger partial charge in [0.1, 0.15) is 0 Å². The third-order valence-corrected chi connectivity index (χ3v) is 3.24. The Hall–Kier alpha value is -2.36. The lowest BCUT2D eigenvalue weighted by atomic mass is 10.0. The summed E-state index contributed by atoms with van der Waals surface area (Å²) in [4.78, 5) is 16.5. The molecule has 0 unspecified atom stereocenters. The van der Waals surface area contributed by atoms with Gasteiger partial charge in [0, 0.05) is 18.4 Å². The number of rotatable bonds is 5. The van der Waals surface area contributed by atoms with Crippen LogP contribution >= 0.6 is 0 Å². The Labute approximate surface area is 125 Å². The monoisotopic (exact) mass is 283 g/mol. The van der Waals surface area contributed by atoms with E-state index in [0.717, 1.165) is 17.9 Å². The molecule has 1 aromatic carbocycles. The highest BCUT2D eigenvalue weighted by Gasteiger charge is 2.11. The molecule has 0 spiro atoms. The van der Waals surface area contributed by atoms with Crippen LogP contribution in [0, 0.1) is 0 Å². The Kier molecular flexibility index (Phi) is 4.93. The average molecular weight is 283 g/mol. The molecule has 0 aliphatic carbocycles. The summed E-state index contributed by atoms with van der Waals surface area (Å²) in [6, 6.07) is 9.66. The largest absolute Gasteiger partial charge is 0.383 e. The van der Waals surface area contributed by atoms with Crippen molar-refractivity contribution in [1.29, 1.82) is 0 Å². The van der Waals surface area contributed by atoms with Gasteiger partial charge in [0.05, 0.1) is 17.4 Å². The van der Waals surface area contributed by atoms with Crippen LogP contribution in [0.15, 0.2) is 42.7 Å². The van der Waals surface area contributed by atoms with Crippen LogP contribution in [0.5, 0.6) is 0 Å². The lowest BCUT2D eigenvalue weighted by Crippen LogP contribution is -2.15. The van der Waals surface area contributed by atoms with E-state index in [9.17, 15) is 4.79 Å². The molecule has 0 atom stereocenters. The molecule has 0 aliphatic heterocycles. The molecule has 2 N–H and O–H groups in total. The summed E-state index contributed by atoms with van der Waals surface area (Å²) in [5.74, 6) is 0.300. The number of amides is 1. The van der Waals surface area contributed by atoms with Crippen molar-refractivity contribution in [1.82, 2.24) is 4.98 Å². The van der Waals surface area contributed by atoms with Crippen molar-refractivity contribution < 1.29 is 4.79 Å². The molecule has 110 valence electrons. The number of carbonyl (C=O) groups is 1. The smallest absolute Gasteiger partial charge is 0.257 e. The van der Waals surface area contributed by atoms with Gasteiger partial charge in [-0.15, -0.1) is 0 Å². The van der Waals surface area contributed by atoms with Gasteiger partial charge in [0.2, 0.25) is 0 Å². The molecule has 0 saturated carbocycles. The number of carbonyl (C=O) groups excluding carboxylic acids is 1. The lowest BCUT2D eigenvalue weighted by Gasteiger charge is -2.12. The maximum absolute atomic E-state index is 12.4. The summed E-state index contributed by atoms with van der Waals surface area (Å²) >= 11 is 0. The summed E-state index contributed by atoms with van der Waals surface area (Å²) in [6.07, 6.45) is 3.29. The molecule has 21 heavy (non-hydrogen) atoms. The number of nitrogens with one attached hydrogen (secondary N) is 2. The van der Waals surface area contributed by atoms with Gasteiger partial charge in [-0.2, -0.15) is 0 Å². The molecular formula is C17H21N3O. The second kappa shape index (κ2) is 6.88. The van der Waals surface area contributed by atoms with E-state index in [-0.39, 0.29) is 5.91 Å². The molecule has 0 bridgehead atoms. The molecule has 1 amide bonds. The van der Waals surface area contributed by atoms with E-state index in [1.165, 1.54) is 5.56 Å². The van der Waals surface area contributed by atoms with Crippen LogP contribution in [0.25, 0.3) is 0 Å². The van der Waals surface area contributed by atoms with Gasteiger partial charge in [-0.25, -0.2) is 0 Å². The first-order valence-electron chi connectivity index (χ1n) is 7.21. The van der Waals surface area contributed by atoms with Crippen LogP contribution in [0.3, 0.4) is 0 Å². The number of anilines is 2. The van der Waals surface area contributed by atoms with E-state index in [2.05, 4.69) is 35.5 Å². The van der Waals surface area contributed by atoms with Gasteiger partial charge < -0.3 is 10.6 Å².